The van der Waals surface area contributed by atoms with Crippen LogP contribution in [0.1, 0.15) is 24.9 Å². The molecule has 1 nitrogen and oxygen atoms in total. The molecule has 0 saturated carbocycles. The van der Waals surface area contributed by atoms with Gasteiger partial charge in [0.15, 0.2) is 11.6 Å². The van der Waals surface area contributed by atoms with Gasteiger partial charge in [-0.1, -0.05) is 13.0 Å². The molecule has 2 rings (SSSR count). The van der Waals surface area contributed by atoms with Crippen molar-refractivity contribution in [2.75, 3.05) is 11.5 Å². The molecule has 1 aromatic rings. The molecule has 1 aliphatic rings. The quantitative estimate of drug-likeness (QED) is 0.856. The summed E-state index contributed by atoms with van der Waals surface area (Å²) in [6.07, 6.45) is 1.06. The number of halogens is 2. The molecule has 1 saturated heterocycles. The number of nitrogens with one attached hydrogen (secondary N) is 1. The van der Waals surface area contributed by atoms with Gasteiger partial charge in [-0.2, -0.15) is 11.8 Å². The molecular formula is C12H15F2NS. The third kappa shape index (κ3) is 2.55. The smallest absolute Gasteiger partial charge is 0.159 e. The number of rotatable bonds is 2. The van der Waals surface area contributed by atoms with Crippen LogP contribution in [-0.2, 0) is 0 Å². The fourth-order valence-corrected chi connectivity index (χ4v) is 3.14. The Labute approximate surface area is 98.6 Å². The SMILES string of the molecule is CCC1CSCC(c2ccc(F)c(F)c2)N1. The minimum absolute atomic E-state index is 0.138. The molecule has 0 amide bonds. The Kier molecular flexibility index (Phi) is 3.82. The van der Waals surface area contributed by atoms with Crippen molar-refractivity contribution in [1.82, 2.24) is 5.32 Å². The second-order valence-corrected chi connectivity index (χ2v) is 5.11. The van der Waals surface area contributed by atoms with E-state index in [4.69, 9.17) is 0 Å². The standard InChI is InChI=1S/C12H15F2NS/c1-2-9-6-16-7-12(15-9)8-3-4-10(13)11(14)5-8/h3-5,9,12,15H,2,6-7H2,1H3. The molecule has 4 heteroatoms. The molecule has 1 aromatic carbocycles. The lowest BCUT2D eigenvalue weighted by Gasteiger charge is -2.30. The summed E-state index contributed by atoms with van der Waals surface area (Å²) in [6.45, 7) is 2.13. The summed E-state index contributed by atoms with van der Waals surface area (Å²) in [7, 11) is 0. The Hall–Kier alpha value is -0.610. The number of benzene rings is 1. The molecule has 1 aliphatic heterocycles. The molecule has 1 fully saturated rings. The molecular weight excluding hydrogens is 228 g/mol. The van der Waals surface area contributed by atoms with Gasteiger partial charge in [-0.3, -0.25) is 0 Å². The summed E-state index contributed by atoms with van der Waals surface area (Å²) in [4.78, 5) is 0. The highest BCUT2D eigenvalue weighted by Crippen LogP contribution is 2.26. The first-order valence-electron chi connectivity index (χ1n) is 5.49. The zero-order chi connectivity index (χ0) is 11.5. The normalized spacial score (nSPS) is 25.7. The summed E-state index contributed by atoms with van der Waals surface area (Å²) in [5.74, 6) is 0.473. The zero-order valence-corrected chi connectivity index (χ0v) is 9.99. The van der Waals surface area contributed by atoms with Crippen LogP contribution in [0.25, 0.3) is 0 Å². The maximum absolute atomic E-state index is 13.1. The van der Waals surface area contributed by atoms with Crippen molar-refractivity contribution < 1.29 is 8.78 Å². The lowest BCUT2D eigenvalue weighted by Crippen LogP contribution is -2.39. The van der Waals surface area contributed by atoms with Crippen LogP contribution >= 0.6 is 11.8 Å². The summed E-state index contributed by atoms with van der Waals surface area (Å²) >= 11 is 1.86. The Morgan fingerprint density at radius 1 is 1.31 bits per heavy atom. The highest BCUT2D eigenvalue weighted by Gasteiger charge is 2.22. The van der Waals surface area contributed by atoms with Crippen LogP contribution in [0, 0.1) is 11.6 Å². The van der Waals surface area contributed by atoms with E-state index in [-0.39, 0.29) is 6.04 Å². The van der Waals surface area contributed by atoms with Gasteiger partial charge in [-0.15, -0.1) is 0 Å². The van der Waals surface area contributed by atoms with E-state index in [9.17, 15) is 8.78 Å². The summed E-state index contributed by atoms with van der Waals surface area (Å²) in [5.41, 5.74) is 0.838. The van der Waals surface area contributed by atoms with Crippen LogP contribution < -0.4 is 5.32 Å². The molecule has 2 atom stereocenters. The second kappa shape index (κ2) is 5.15. The lowest BCUT2D eigenvalue weighted by molar-refractivity contribution is 0.459. The fourth-order valence-electron chi connectivity index (χ4n) is 1.87. The van der Waals surface area contributed by atoms with Crippen molar-refractivity contribution in [3.63, 3.8) is 0 Å². The molecule has 0 aromatic heterocycles. The van der Waals surface area contributed by atoms with Gasteiger partial charge in [0, 0.05) is 23.6 Å². The van der Waals surface area contributed by atoms with Crippen molar-refractivity contribution in [2.24, 2.45) is 0 Å². The van der Waals surface area contributed by atoms with Gasteiger partial charge in [0.25, 0.3) is 0 Å². The molecule has 88 valence electrons. The van der Waals surface area contributed by atoms with Crippen LogP contribution in [0.15, 0.2) is 18.2 Å². The van der Waals surface area contributed by atoms with Gasteiger partial charge in [0.2, 0.25) is 0 Å². The first-order chi connectivity index (χ1) is 7.70. The largest absolute Gasteiger partial charge is 0.306 e. The minimum atomic E-state index is -0.778. The van der Waals surface area contributed by atoms with Crippen molar-refractivity contribution in [2.45, 2.75) is 25.4 Å². The number of hydrogen-bond acceptors (Lipinski definition) is 2. The van der Waals surface area contributed by atoms with Crippen molar-refractivity contribution in [3.05, 3.63) is 35.4 Å². The minimum Gasteiger partial charge on any atom is -0.306 e. The van der Waals surface area contributed by atoms with E-state index in [1.54, 1.807) is 6.07 Å². The molecule has 1 N–H and O–H groups in total. The highest BCUT2D eigenvalue weighted by atomic mass is 32.2. The number of thioether (sulfide) groups is 1. The predicted octanol–water partition coefficient (Wildman–Crippen LogP) is 3.12. The maximum Gasteiger partial charge on any atom is 0.159 e. The Morgan fingerprint density at radius 2 is 2.12 bits per heavy atom. The second-order valence-electron chi connectivity index (χ2n) is 4.04. The van der Waals surface area contributed by atoms with Crippen LogP contribution in [0.2, 0.25) is 0 Å². The fraction of sp³-hybridized carbons (Fsp3) is 0.500. The van der Waals surface area contributed by atoms with E-state index in [0.717, 1.165) is 23.5 Å². The van der Waals surface area contributed by atoms with E-state index in [1.165, 1.54) is 12.1 Å². The molecule has 0 radical (unpaired) electrons. The Bertz CT molecular complexity index is 370. The number of hydrogen-bond donors (Lipinski definition) is 1. The molecule has 16 heavy (non-hydrogen) atoms. The third-order valence-electron chi connectivity index (χ3n) is 2.88. The third-order valence-corrected chi connectivity index (χ3v) is 4.09. The van der Waals surface area contributed by atoms with E-state index in [2.05, 4.69) is 12.2 Å². The Balaban J connectivity index is 2.13. The van der Waals surface area contributed by atoms with Crippen LogP contribution in [0.3, 0.4) is 0 Å². The highest BCUT2D eigenvalue weighted by molar-refractivity contribution is 7.99. The zero-order valence-electron chi connectivity index (χ0n) is 9.17. The summed E-state index contributed by atoms with van der Waals surface area (Å²) in [5, 5.41) is 3.46. The molecule has 0 spiro atoms. The van der Waals surface area contributed by atoms with Gasteiger partial charge < -0.3 is 5.32 Å². The average molecular weight is 243 g/mol. The van der Waals surface area contributed by atoms with Gasteiger partial charge in [-0.05, 0) is 24.1 Å². The van der Waals surface area contributed by atoms with Crippen LogP contribution in [0.5, 0.6) is 0 Å². The van der Waals surface area contributed by atoms with Gasteiger partial charge in [-0.25, -0.2) is 8.78 Å². The molecule has 1 heterocycles. The molecule has 2 unspecified atom stereocenters. The first-order valence-corrected chi connectivity index (χ1v) is 6.65. The van der Waals surface area contributed by atoms with Crippen LogP contribution in [-0.4, -0.2) is 17.5 Å². The van der Waals surface area contributed by atoms with Crippen molar-refractivity contribution in [3.8, 4) is 0 Å². The van der Waals surface area contributed by atoms with E-state index in [0.29, 0.717) is 6.04 Å². The lowest BCUT2D eigenvalue weighted by atomic mass is 10.1. The van der Waals surface area contributed by atoms with Crippen LogP contribution in [0.4, 0.5) is 8.78 Å². The molecule has 0 bridgehead atoms. The van der Waals surface area contributed by atoms with E-state index in [1.807, 2.05) is 11.8 Å². The maximum atomic E-state index is 13.1. The monoisotopic (exact) mass is 243 g/mol. The van der Waals surface area contributed by atoms with Gasteiger partial charge >= 0.3 is 0 Å². The van der Waals surface area contributed by atoms with Crippen molar-refractivity contribution in [1.29, 1.82) is 0 Å². The Morgan fingerprint density at radius 3 is 2.81 bits per heavy atom. The predicted molar refractivity (Wildman–Crippen MR) is 63.6 cm³/mol. The van der Waals surface area contributed by atoms with Gasteiger partial charge in [0.05, 0.1) is 0 Å². The topological polar surface area (TPSA) is 12.0 Å². The van der Waals surface area contributed by atoms with Gasteiger partial charge in [0.1, 0.15) is 0 Å². The van der Waals surface area contributed by atoms with Crippen molar-refractivity contribution >= 4 is 11.8 Å². The summed E-state index contributed by atoms with van der Waals surface area (Å²) in [6, 6.07) is 4.77. The molecule has 0 aliphatic carbocycles. The first kappa shape index (κ1) is 11.9. The van der Waals surface area contributed by atoms with E-state index >= 15 is 0 Å². The summed E-state index contributed by atoms with van der Waals surface area (Å²) < 4.78 is 25.9. The van der Waals surface area contributed by atoms with E-state index < -0.39 is 11.6 Å². The average Bonchev–Trinajstić information content (AvgIpc) is 2.33.